The van der Waals surface area contributed by atoms with Crippen LogP contribution in [0.25, 0.3) is 0 Å². The van der Waals surface area contributed by atoms with Crippen molar-refractivity contribution in [1.82, 2.24) is 15.5 Å². The van der Waals surface area contributed by atoms with Gasteiger partial charge >= 0.3 is 5.97 Å². The Kier molecular flexibility index (Phi) is 5.19. The number of rotatable bonds is 6. The van der Waals surface area contributed by atoms with E-state index in [0.717, 1.165) is 44.4 Å². The van der Waals surface area contributed by atoms with Crippen molar-refractivity contribution in [2.45, 2.75) is 76.7 Å². The van der Waals surface area contributed by atoms with Gasteiger partial charge in [0.2, 0.25) is 5.89 Å². The SMILES string of the molecule is Cc1nc(C2(NC(=O)COC(=O)C[C@@H]3C[C@H]4CC[C@H]3C4)CCCCC2)no1. The summed E-state index contributed by atoms with van der Waals surface area (Å²) in [4.78, 5) is 29.0. The second kappa shape index (κ2) is 7.60. The first-order chi connectivity index (χ1) is 13.0. The molecule has 2 bridgehead atoms. The van der Waals surface area contributed by atoms with Gasteiger partial charge in [0.05, 0.1) is 0 Å². The molecule has 0 aromatic carbocycles. The Balaban J connectivity index is 1.30. The van der Waals surface area contributed by atoms with E-state index in [9.17, 15) is 9.59 Å². The van der Waals surface area contributed by atoms with Gasteiger partial charge in [0.25, 0.3) is 5.91 Å². The predicted molar refractivity (Wildman–Crippen MR) is 96.5 cm³/mol. The third-order valence-corrected chi connectivity index (χ3v) is 6.72. The van der Waals surface area contributed by atoms with Gasteiger partial charge in [-0.15, -0.1) is 0 Å². The van der Waals surface area contributed by atoms with E-state index in [4.69, 9.17) is 9.26 Å². The van der Waals surface area contributed by atoms with Crippen molar-refractivity contribution in [3.8, 4) is 0 Å². The lowest BCUT2D eigenvalue weighted by Crippen LogP contribution is -2.49. The topological polar surface area (TPSA) is 94.3 Å². The molecular formula is C20H29N3O4. The summed E-state index contributed by atoms with van der Waals surface area (Å²) in [6.45, 7) is 1.50. The standard InChI is InChI=1S/C20H29N3O4/c1-13-21-19(23-27-13)20(7-3-2-4-8-20)22-17(24)12-26-18(25)11-16-10-14-5-6-15(16)9-14/h14-16H,2-12H2,1H3,(H,22,24)/t14-,15-,16-/m0/s1. The summed E-state index contributed by atoms with van der Waals surface area (Å²) < 4.78 is 10.4. The highest BCUT2D eigenvalue weighted by Crippen LogP contribution is 2.49. The molecule has 3 aliphatic rings. The molecule has 7 heteroatoms. The molecule has 1 amide bonds. The quantitative estimate of drug-likeness (QED) is 0.768. The lowest BCUT2D eigenvalue weighted by atomic mass is 9.81. The van der Waals surface area contributed by atoms with Crippen LogP contribution in [0.4, 0.5) is 0 Å². The summed E-state index contributed by atoms with van der Waals surface area (Å²) in [5.41, 5.74) is -0.607. The molecule has 0 saturated heterocycles. The van der Waals surface area contributed by atoms with Crippen molar-refractivity contribution >= 4 is 11.9 Å². The number of nitrogens with zero attached hydrogens (tertiary/aromatic N) is 2. The molecule has 0 radical (unpaired) electrons. The number of hydrogen-bond acceptors (Lipinski definition) is 6. The van der Waals surface area contributed by atoms with Gasteiger partial charge in [0.15, 0.2) is 12.4 Å². The van der Waals surface area contributed by atoms with Crippen molar-refractivity contribution in [3.63, 3.8) is 0 Å². The molecule has 7 nitrogen and oxygen atoms in total. The molecule has 1 aromatic heterocycles. The first-order valence-electron chi connectivity index (χ1n) is 10.3. The molecule has 4 rings (SSSR count). The van der Waals surface area contributed by atoms with Crippen molar-refractivity contribution < 1.29 is 18.8 Å². The number of hydrogen-bond donors (Lipinski definition) is 1. The molecule has 1 aromatic rings. The van der Waals surface area contributed by atoms with Crippen LogP contribution < -0.4 is 5.32 Å². The van der Waals surface area contributed by atoms with Crippen molar-refractivity contribution in [2.75, 3.05) is 6.61 Å². The number of carbonyl (C=O) groups is 2. The molecule has 0 unspecified atom stereocenters. The molecule has 3 aliphatic carbocycles. The Morgan fingerprint density at radius 3 is 2.67 bits per heavy atom. The molecule has 3 saturated carbocycles. The van der Waals surface area contributed by atoms with E-state index in [0.29, 0.717) is 30.0 Å². The van der Waals surface area contributed by atoms with Crippen LogP contribution in [0, 0.1) is 24.7 Å². The number of carbonyl (C=O) groups excluding carboxylic acids is 2. The minimum Gasteiger partial charge on any atom is -0.456 e. The average Bonchev–Trinajstić information content (AvgIpc) is 3.38. The summed E-state index contributed by atoms with van der Waals surface area (Å²) >= 11 is 0. The summed E-state index contributed by atoms with van der Waals surface area (Å²) in [6, 6.07) is 0. The maximum Gasteiger partial charge on any atom is 0.306 e. The van der Waals surface area contributed by atoms with Gasteiger partial charge in [-0.3, -0.25) is 9.59 Å². The maximum atomic E-state index is 12.5. The number of ether oxygens (including phenoxy) is 1. The number of amides is 1. The molecular weight excluding hydrogens is 346 g/mol. The predicted octanol–water partition coefficient (Wildman–Crippen LogP) is 3.02. The van der Waals surface area contributed by atoms with Gasteiger partial charge in [-0.2, -0.15) is 4.98 Å². The zero-order valence-electron chi connectivity index (χ0n) is 16.0. The molecule has 1 heterocycles. The van der Waals surface area contributed by atoms with Crippen molar-refractivity contribution in [3.05, 3.63) is 11.7 Å². The fourth-order valence-corrected chi connectivity index (χ4v) is 5.40. The van der Waals surface area contributed by atoms with Crippen LogP contribution in [0.5, 0.6) is 0 Å². The van der Waals surface area contributed by atoms with Crippen LogP contribution in [-0.2, 0) is 19.9 Å². The highest BCUT2D eigenvalue weighted by molar-refractivity contribution is 5.81. The second-order valence-electron chi connectivity index (χ2n) is 8.63. The van der Waals surface area contributed by atoms with Crippen LogP contribution in [-0.4, -0.2) is 28.6 Å². The third kappa shape index (κ3) is 4.01. The third-order valence-electron chi connectivity index (χ3n) is 6.72. The Hall–Kier alpha value is -1.92. The minimum atomic E-state index is -0.607. The summed E-state index contributed by atoms with van der Waals surface area (Å²) in [5, 5.41) is 7.08. The number of nitrogens with one attached hydrogen (secondary N) is 1. The van der Waals surface area contributed by atoms with Gasteiger partial charge in [0.1, 0.15) is 5.54 Å². The first-order valence-corrected chi connectivity index (χ1v) is 10.3. The van der Waals surface area contributed by atoms with Crippen molar-refractivity contribution in [1.29, 1.82) is 0 Å². The molecule has 1 N–H and O–H groups in total. The number of esters is 1. The van der Waals surface area contributed by atoms with E-state index in [2.05, 4.69) is 15.5 Å². The van der Waals surface area contributed by atoms with E-state index < -0.39 is 5.54 Å². The van der Waals surface area contributed by atoms with Crippen LogP contribution in [0.3, 0.4) is 0 Å². The summed E-state index contributed by atoms with van der Waals surface area (Å²) in [7, 11) is 0. The Labute approximate surface area is 159 Å². The lowest BCUT2D eigenvalue weighted by molar-refractivity contribution is -0.150. The van der Waals surface area contributed by atoms with Crippen LogP contribution >= 0.6 is 0 Å². The average molecular weight is 375 g/mol. The molecule has 0 spiro atoms. The normalized spacial score (nSPS) is 28.9. The maximum absolute atomic E-state index is 12.5. The fourth-order valence-electron chi connectivity index (χ4n) is 5.40. The van der Waals surface area contributed by atoms with Crippen LogP contribution in [0.15, 0.2) is 4.52 Å². The Morgan fingerprint density at radius 1 is 1.22 bits per heavy atom. The first kappa shape index (κ1) is 18.4. The summed E-state index contributed by atoms with van der Waals surface area (Å²) in [6.07, 6.45) is 10.1. The Morgan fingerprint density at radius 2 is 2.04 bits per heavy atom. The highest BCUT2D eigenvalue weighted by atomic mass is 16.5. The molecule has 27 heavy (non-hydrogen) atoms. The van der Waals surface area contributed by atoms with Gasteiger partial charge in [-0.05, 0) is 49.9 Å². The van der Waals surface area contributed by atoms with Crippen molar-refractivity contribution in [2.24, 2.45) is 17.8 Å². The number of aryl methyl sites for hydroxylation is 1. The molecule has 148 valence electrons. The van der Waals surface area contributed by atoms with Gasteiger partial charge in [-0.1, -0.05) is 30.8 Å². The minimum absolute atomic E-state index is 0.238. The zero-order chi connectivity index (χ0) is 18.9. The van der Waals surface area contributed by atoms with Crippen LogP contribution in [0.1, 0.15) is 75.9 Å². The fraction of sp³-hybridized carbons (Fsp3) is 0.800. The number of aromatic nitrogens is 2. The number of fused-ring (bicyclic) bond motifs is 2. The van der Waals surface area contributed by atoms with E-state index >= 15 is 0 Å². The highest BCUT2D eigenvalue weighted by Gasteiger charge is 2.41. The van der Waals surface area contributed by atoms with Gasteiger partial charge in [-0.25, -0.2) is 0 Å². The smallest absolute Gasteiger partial charge is 0.306 e. The molecule has 3 fully saturated rings. The second-order valence-corrected chi connectivity index (χ2v) is 8.63. The molecule has 3 atom stereocenters. The van der Waals surface area contributed by atoms with E-state index in [1.165, 1.54) is 19.3 Å². The van der Waals surface area contributed by atoms with Gasteiger partial charge < -0.3 is 14.6 Å². The molecule has 0 aliphatic heterocycles. The van der Waals surface area contributed by atoms with E-state index in [-0.39, 0.29) is 18.5 Å². The zero-order valence-corrected chi connectivity index (χ0v) is 16.0. The summed E-state index contributed by atoms with van der Waals surface area (Å²) in [5.74, 6) is 2.41. The van der Waals surface area contributed by atoms with Gasteiger partial charge in [0, 0.05) is 13.3 Å². The van der Waals surface area contributed by atoms with Crippen LogP contribution in [0.2, 0.25) is 0 Å². The lowest BCUT2D eigenvalue weighted by Gasteiger charge is -2.35. The largest absolute Gasteiger partial charge is 0.456 e. The Bertz CT molecular complexity index is 695. The monoisotopic (exact) mass is 375 g/mol. The van der Waals surface area contributed by atoms with E-state index in [1.807, 2.05) is 0 Å². The van der Waals surface area contributed by atoms with E-state index in [1.54, 1.807) is 6.92 Å².